The number of nitrogens with zero attached hydrogens (tertiary/aromatic N) is 3. The first-order valence-corrected chi connectivity index (χ1v) is 11.6. The Bertz CT molecular complexity index is 1650. The number of pyridine rings is 1. The largest absolute Gasteiger partial charge is 0.448 e. The molecule has 5 heterocycles. The Hall–Kier alpha value is -3.92. The molecular weight excluding hydrogens is 406 g/mol. The van der Waals surface area contributed by atoms with Gasteiger partial charge in [-0.15, -0.1) is 0 Å². The fourth-order valence-corrected chi connectivity index (χ4v) is 6.58. The minimum atomic E-state index is -0.453. The van der Waals surface area contributed by atoms with Crippen LogP contribution in [0.4, 0.5) is 0 Å². The van der Waals surface area contributed by atoms with E-state index in [9.17, 15) is 0 Å². The van der Waals surface area contributed by atoms with Gasteiger partial charge in [0.2, 0.25) is 11.2 Å². The monoisotopic (exact) mass is 429 g/mol. The number of hydrogen-bond donors (Lipinski definition) is 0. The number of fused-ring (bicyclic) bond motifs is 7. The van der Waals surface area contributed by atoms with Gasteiger partial charge in [-0.3, -0.25) is 0 Å². The van der Waals surface area contributed by atoms with Crippen molar-refractivity contribution in [1.29, 1.82) is 0 Å². The smallest absolute Gasteiger partial charge is 0.346 e. The van der Waals surface area contributed by atoms with Crippen LogP contribution in [0, 0.1) is 0 Å². The molecule has 0 aliphatic carbocycles. The third-order valence-corrected chi connectivity index (χ3v) is 7.84. The Morgan fingerprint density at radius 1 is 0.879 bits per heavy atom. The van der Waals surface area contributed by atoms with Crippen molar-refractivity contribution in [1.82, 2.24) is 4.57 Å². The Labute approximate surface area is 191 Å². The van der Waals surface area contributed by atoms with Crippen LogP contribution < -0.4 is 13.9 Å². The van der Waals surface area contributed by atoms with Crippen molar-refractivity contribution in [2.24, 2.45) is 7.05 Å². The first kappa shape index (κ1) is 17.6. The van der Waals surface area contributed by atoms with Crippen LogP contribution in [0.2, 0.25) is 0 Å². The van der Waals surface area contributed by atoms with Gasteiger partial charge < -0.3 is 4.74 Å². The maximum absolute atomic E-state index is 6.70. The van der Waals surface area contributed by atoms with E-state index in [1.54, 1.807) is 0 Å². The lowest BCUT2D eigenvalue weighted by Crippen LogP contribution is -2.57. The average molecular weight is 430 g/mol. The van der Waals surface area contributed by atoms with Gasteiger partial charge in [0.05, 0.1) is 23.7 Å². The number of benzene rings is 3. The van der Waals surface area contributed by atoms with E-state index in [0.717, 1.165) is 17.0 Å². The van der Waals surface area contributed by atoms with Crippen molar-refractivity contribution in [3.05, 3.63) is 102 Å². The highest BCUT2D eigenvalue weighted by atomic mass is 16.5. The van der Waals surface area contributed by atoms with E-state index in [-0.39, 0.29) is 0 Å². The predicted octanol–water partition coefficient (Wildman–Crippen LogP) is 5.11. The van der Waals surface area contributed by atoms with E-state index in [0.29, 0.717) is 5.92 Å². The lowest BCUT2D eigenvalue weighted by molar-refractivity contribution is -0.733. The van der Waals surface area contributed by atoms with E-state index in [1.165, 1.54) is 45.0 Å². The maximum Gasteiger partial charge on any atom is 0.346 e. The summed E-state index contributed by atoms with van der Waals surface area (Å²) in [6.07, 6.45) is 2.24. The van der Waals surface area contributed by atoms with Gasteiger partial charge in [-0.1, -0.05) is 44.2 Å². The summed E-state index contributed by atoms with van der Waals surface area (Å²) in [4.78, 5) is 0. The van der Waals surface area contributed by atoms with Crippen LogP contribution in [0.1, 0.15) is 42.3 Å². The molecule has 1 unspecified atom stereocenters. The molecule has 3 aromatic carbocycles. The minimum Gasteiger partial charge on any atom is -0.448 e. The van der Waals surface area contributed by atoms with Gasteiger partial charge >= 0.3 is 11.4 Å². The standard InChI is InChI=1S/C29H23N3O/c1-17(2)18-14-15-21-25-27(18)33-24-13-8-12-23-26(24)32(25)28(30(23)3)29(21)20-10-5-4-9-19(20)22-11-6-7-16-31(22)29/h4-17H,1-3H3/q+2. The number of ether oxygens (including phenoxy) is 1. The van der Waals surface area contributed by atoms with E-state index in [1.807, 2.05) is 0 Å². The third kappa shape index (κ3) is 1.73. The molecule has 0 bridgehead atoms. The highest BCUT2D eigenvalue weighted by molar-refractivity contribution is 5.85. The molecule has 0 radical (unpaired) electrons. The van der Waals surface area contributed by atoms with E-state index in [4.69, 9.17) is 4.74 Å². The summed E-state index contributed by atoms with van der Waals surface area (Å²) in [6.45, 7) is 4.49. The SMILES string of the molecule is CC(C)c1ccc2c3c1Oc1cccc4c1[n+]-3c(n4C)C21c2ccccc2-c2cccc[n+]21. The van der Waals surface area contributed by atoms with Gasteiger partial charge in [-0.2, -0.15) is 9.13 Å². The van der Waals surface area contributed by atoms with Crippen LogP contribution in [-0.4, -0.2) is 4.57 Å². The summed E-state index contributed by atoms with van der Waals surface area (Å²) in [6, 6.07) is 26.4. The lowest BCUT2D eigenvalue weighted by atomic mass is 9.82. The number of hydrogen-bond acceptors (Lipinski definition) is 1. The molecule has 0 saturated carbocycles. The van der Waals surface area contributed by atoms with Crippen LogP contribution in [-0.2, 0) is 12.6 Å². The van der Waals surface area contributed by atoms with Crippen molar-refractivity contribution < 1.29 is 13.9 Å². The molecule has 158 valence electrons. The van der Waals surface area contributed by atoms with Gasteiger partial charge in [-0.25, -0.2) is 4.57 Å². The Morgan fingerprint density at radius 3 is 2.61 bits per heavy atom. The number of aryl methyl sites for hydroxylation is 1. The Morgan fingerprint density at radius 2 is 1.73 bits per heavy atom. The summed E-state index contributed by atoms with van der Waals surface area (Å²) in [5.74, 6) is 3.56. The van der Waals surface area contributed by atoms with Crippen molar-refractivity contribution in [2.75, 3.05) is 0 Å². The van der Waals surface area contributed by atoms with Gasteiger partial charge in [-0.05, 0) is 36.2 Å². The van der Waals surface area contributed by atoms with E-state index in [2.05, 4.69) is 114 Å². The lowest BCUT2D eigenvalue weighted by Gasteiger charge is -2.22. The van der Waals surface area contributed by atoms with Crippen molar-refractivity contribution in [3.8, 4) is 28.4 Å². The quantitative estimate of drug-likeness (QED) is 0.333. The van der Waals surface area contributed by atoms with E-state index < -0.39 is 5.54 Å². The van der Waals surface area contributed by atoms with Crippen LogP contribution in [0.25, 0.3) is 28.0 Å². The van der Waals surface area contributed by atoms with Gasteiger partial charge in [0.15, 0.2) is 28.9 Å². The summed E-state index contributed by atoms with van der Waals surface area (Å²) >= 11 is 0. The van der Waals surface area contributed by atoms with Gasteiger partial charge in [0.25, 0.3) is 0 Å². The zero-order valence-electron chi connectivity index (χ0n) is 18.8. The van der Waals surface area contributed by atoms with Crippen LogP contribution in [0.15, 0.2) is 79.0 Å². The fourth-order valence-electron chi connectivity index (χ4n) is 6.58. The number of imidazole rings is 1. The summed E-state index contributed by atoms with van der Waals surface area (Å²) < 4.78 is 14.0. The molecular formula is C29H23N3O+2. The predicted molar refractivity (Wildman–Crippen MR) is 126 cm³/mol. The molecule has 8 rings (SSSR count). The molecule has 1 atom stereocenters. The zero-order valence-corrected chi connectivity index (χ0v) is 18.8. The zero-order chi connectivity index (χ0) is 22.1. The van der Waals surface area contributed by atoms with Gasteiger partial charge in [0, 0.05) is 17.7 Å². The van der Waals surface area contributed by atoms with E-state index >= 15 is 0 Å². The Balaban J connectivity index is 1.68. The number of aromatic nitrogens is 3. The second-order valence-electron chi connectivity index (χ2n) is 9.69. The molecule has 0 amide bonds. The average Bonchev–Trinajstić information content (AvgIpc) is 3.42. The van der Waals surface area contributed by atoms with Crippen LogP contribution in [0.3, 0.4) is 0 Å². The molecule has 0 saturated heterocycles. The minimum absolute atomic E-state index is 0.367. The summed E-state index contributed by atoms with van der Waals surface area (Å²) in [5.41, 5.74) is 9.48. The molecule has 0 fully saturated rings. The summed E-state index contributed by atoms with van der Waals surface area (Å²) in [7, 11) is 2.20. The first-order chi connectivity index (χ1) is 16.1. The Kier molecular flexibility index (Phi) is 2.95. The second-order valence-corrected chi connectivity index (χ2v) is 9.69. The van der Waals surface area contributed by atoms with Crippen molar-refractivity contribution in [3.63, 3.8) is 0 Å². The molecule has 4 nitrogen and oxygen atoms in total. The highest BCUT2D eigenvalue weighted by Gasteiger charge is 2.68. The molecule has 3 aliphatic rings. The molecule has 0 N–H and O–H groups in total. The number of rotatable bonds is 1. The molecule has 1 spiro atoms. The molecule has 33 heavy (non-hydrogen) atoms. The van der Waals surface area contributed by atoms with Crippen LogP contribution in [0.5, 0.6) is 11.5 Å². The molecule has 3 aliphatic heterocycles. The van der Waals surface area contributed by atoms with Crippen molar-refractivity contribution >= 4 is 11.0 Å². The molecule has 5 aromatic rings. The highest BCUT2D eigenvalue weighted by Crippen LogP contribution is 2.55. The van der Waals surface area contributed by atoms with Crippen molar-refractivity contribution in [2.45, 2.75) is 25.3 Å². The first-order valence-electron chi connectivity index (χ1n) is 11.6. The van der Waals surface area contributed by atoms with Gasteiger partial charge in [0.1, 0.15) is 0 Å². The fraction of sp³-hybridized carbons (Fsp3) is 0.172. The third-order valence-electron chi connectivity index (χ3n) is 7.84. The molecule has 2 aromatic heterocycles. The number of para-hydroxylation sites is 1. The van der Waals surface area contributed by atoms with Crippen LogP contribution >= 0.6 is 0 Å². The maximum atomic E-state index is 6.70. The normalized spacial score (nSPS) is 18.2. The second kappa shape index (κ2) is 5.52. The molecule has 4 heteroatoms. The topological polar surface area (TPSA) is 21.9 Å². The summed E-state index contributed by atoms with van der Waals surface area (Å²) in [5, 5.41) is 0.